The van der Waals surface area contributed by atoms with E-state index in [1.165, 1.54) is 10.6 Å². The number of nitrogens with one attached hydrogen (secondary N) is 1. The highest BCUT2D eigenvalue weighted by molar-refractivity contribution is 5.75. The number of hydrogen-bond acceptors (Lipinski definition) is 7. The third-order valence-electron chi connectivity index (χ3n) is 4.87. The molecule has 9 nitrogen and oxygen atoms in total. The highest BCUT2D eigenvalue weighted by atomic mass is 16.5. The lowest BCUT2D eigenvalue weighted by Crippen LogP contribution is -2.36. The van der Waals surface area contributed by atoms with Crippen molar-refractivity contribution in [3.8, 4) is 28.6 Å². The smallest absolute Gasteiger partial charge is 0.259 e. The van der Waals surface area contributed by atoms with E-state index in [1.54, 1.807) is 31.5 Å². The van der Waals surface area contributed by atoms with Crippen LogP contribution in [0.3, 0.4) is 0 Å². The maximum absolute atomic E-state index is 12.2. The van der Waals surface area contributed by atoms with Gasteiger partial charge in [-0.15, -0.1) is 0 Å². The summed E-state index contributed by atoms with van der Waals surface area (Å²) in [7, 11) is 1.60. The van der Waals surface area contributed by atoms with Gasteiger partial charge in [0, 0.05) is 31.0 Å². The van der Waals surface area contributed by atoms with Crippen molar-refractivity contribution in [2.75, 3.05) is 20.3 Å². The summed E-state index contributed by atoms with van der Waals surface area (Å²) in [5, 5.41) is 6.81. The molecule has 0 unspecified atom stereocenters. The number of amides is 1. The number of pyridine rings is 1. The lowest BCUT2D eigenvalue weighted by atomic mass is 10.2. The zero-order chi connectivity index (χ0) is 20.9. The molecule has 9 heteroatoms. The number of nitrogens with zero attached hydrogens (tertiary/aromatic N) is 3. The molecule has 1 aliphatic rings. The SMILES string of the molecule is COc1ccc(-c2noc(-c3ccc(=O)n(CC(=O)NC[C@H]4CCCO4)c3)n2)cc1. The van der Waals surface area contributed by atoms with Gasteiger partial charge in [0.05, 0.1) is 18.8 Å². The number of rotatable bonds is 7. The van der Waals surface area contributed by atoms with E-state index >= 15 is 0 Å². The van der Waals surface area contributed by atoms with Crippen LogP contribution in [0.25, 0.3) is 22.8 Å². The monoisotopic (exact) mass is 410 g/mol. The maximum Gasteiger partial charge on any atom is 0.259 e. The average molecular weight is 410 g/mol. The molecule has 1 amide bonds. The molecule has 156 valence electrons. The van der Waals surface area contributed by atoms with Crippen LogP contribution in [0.2, 0.25) is 0 Å². The average Bonchev–Trinajstić information content (AvgIpc) is 3.46. The normalized spacial score (nSPS) is 15.8. The molecule has 30 heavy (non-hydrogen) atoms. The van der Waals surface area contributed by atoms with Crippen molar-refractivity contribution in [3.05, 3.63) is 52.9 Å². The Morgan fingerprint density at radius 2 is 2.03 bits per heavy atom. The van der Waals surface area contributed by atoms with Gasteiger partial charge in [-0.1, -0.05) is 5.16 Å². The van der Waals surface area contributed by atoms with Crippen LogP contribution < -0.4 is 15.6 Å². The number of aromatic nitrogens is 3. The molecule has 1 saturated heterocycles. The second-order valence-corrected chi connectivity index (χ2v) is 6.97. The summed E-state index contributed by atoms with van der Waals surface area (Å²) in [6, 6.07) is 10.2. The van der Waals surface area contributed by atoms with E-state index in [0.717, 1.165) is 30.8 Å². The Morgan fingerprint density at radius 1 is 1.23 bits per heavy atom. The number of ether oxygens (including phenoxy) is 2. The van der Waals surface area contributed by atoms with Crippen molar-refractivity contribution < 1.29 is 18.8 Å². The van der Waals surface area contributed by atoms with Crippen molar-refractivity contribution in [2.45, 2.75) is 25.5 Å². The van der Waals surface area contributed by atoms with Gasteiger partial charge >= 0.3 is 0 Å². The van der Waals surface area contributed by atoms with Gasteiger partial charge < -0.3 is 23.9 Å². The van der Waals surface area contributed by atoms with E-state index < -0.39 is 0 Å². The van der Waals surface area contributed by atoms with Gasteiger partial charge in [0.15, 0.2) is 0 Å². The van der Waals surface area contributed by atoms with Crippen molar-refractivity contribution in [2.24, 2.45) is 0 Å². The van der Waals surface area contributed by atoms with Crippen molar-refractivity contribution in [3.63, 3.8) is 0 Å². The molecule has 1 atom stereocenters. The Bertz CT molecular complexity index is 1070. The molecule has 3 heterocycles. The van der Waals surface area contributed by atoms with Gasteiger partial charge in [0.1, 0.15) is 12.3 Å². The van der Waals surface area contributed by atoms with Gasteiger partial charge in [0.2, 0.25) is 11.7 Å². The molecule has 0 saturated carbocycles. The minimum atomic E-state index is -0.291. The van der Waals surface area contributed by atoms with E-state index in [0.29, 0.717) is 17.9 Å². The van der Waals surface area contributed by atoms with Crippen molar-refractivity contribution in [1.29, 1.82) is 0 Å². The number of hydrogen-bond donors (Lipinski definition) is 1. The molecule has 1 N–H and O–H groups in total. The van der Waals surface area contributed by atoms with Crippen LogP contribution in [0.1, 0.15) is 12.8 Å². The molecule has 0 bridgehead atoms. The summed E-state index contributed by atoms with van der Waals surface area (Å²) in [6.45, 7) is 1.08. The first-order valence-electron chi connectivity index (χ1n) is 9.69. The first-order chi connectivity index (χ1) is 14.6. The molecule has 4 rings (SSSR count). The highest BCUT2D eigenvalue weighted by Gasteiger charge is 2.17. The lowest BCUT2D eigenvalue weighted by molar-refractivity contribution is -0.122. The quantitative estimate of drug-likeness (QED) is 0.633. The molecule has 1 aromatic carbocycles. The van der Waals surface area contributed by atoms with Crippen LogP contribution in [-0.4, -0.2) is 47.0 Å². The van der Waals surface area contributed by atoms with Crippen LogP contribution >= 0.6 is 0 Å². The van der Waals surface area contributed by atoms with E-state index in [-0.39, 0.29) is 30.0 Å². The van der Waals surface area contributed by atoms with Crippen LogP contribution in [0, 0.1) is 0 Å². The van der Waals surface area contributed by atoms with E-state index in [2.05, 4.69) is 15.5 Å². The zero-order valence-corrected chi connectivity index (χ0v) is 16.5. The topological polar surface area (TPSA) is 108 Å². The number of benzene rings is 1. The Hall–Kier alpha value is -3.46. The molecule has 2 aromatic heterocycles. The summed E-state index contributed by atoms with van der Waals surface area (Å²) in [5.74, 6) is 1.15. The molecular weight excluding hydrogens is 388 g/mol. The van der Waals surface area contributed by atoms with Gasteiger partial charge in [0.25, 0.3) is 11.4 Å². The van der Waals surface area contributed by atoms with Gasteiger partial charge in [-0.05, 0) is 43.2 Å². The van der Waals surface area contributed by atoms with E-state index in [4.69, 9.17) is 14.0 Å². The van der Waals surface area contributed by atoms with Crippen LogP contribution in [0.5, 0.6) is 5.75 Å². The molecular formula is C21H22N4O5. The van der Waals surface area contributed by atoms with Crippen LogP contribution in [0.15, 0.2) is 51.9 Å². The fourth-order valence-corrected chi connectivity index (χ4v) is 3.22. The van der Waals surface area contributed by atoms with Crippen LogP contribution in [-0.2, 0) is 16.1 Å². The second-order valence-electron chi connectivity index (χ2n) is 6.97. The number of carbonyl (C=O) groups is 1. The second kappa shape index (κ2) is 8.91. The highest BCUT2D eigenvalue weighted by Crippen LogP contribution is 2.23. The van der Waals surface area contributed by atoms with Crippen molar-refractivity contribution >= 4 is 5.91 Å². The molecule has 3 aromatic rings. The molecule has 0 aliphatic carbocycles. The fourth-order valence-electron chi connectivity index (χ4n) is 3.22. The van der Waals surface area contributed by atoms with Crippen LogP contribution in [0.4, 0.5) is 0 Å². The minimum Gasteiger partial charge on any atom is -0.497 e. The summed E-state index contributed by atoms with van der Waals surface area (Å²) in [6.07, 6.45) is 3.53. The maximum atomic E-state index is 12.2. The first kappa shape index (κ1) is 19.8. The fraction of sp³-hybridized carbons (Fsp3) is 0.333. The predicted molar refractivity (Wildman–Crippen MR) is 108 cm³/mol. The summed E-state index contributed by atoms with van der Waals surface area (Å²) in [4.78, 5) is 28.8. The predicted octanol–water partition coefficient (Wildman–Crippen LogP) is 1.87. The number of methoxy groups -OCH3 is 1. The summed E-state index contributed by atoms with van der Waals surface area (Å²) < 4.78 is 17.3. The molecule has 0 spiro atoms. The van der Waals surface area contributed by atoms with Crippen molar-refractivity contribution in [1.82, 2.24) is 20.0 Å². The third kappa shape index (κ3) is 4.57. The first-order valence-corrected chi connectivity index (χ1v) is 9.69. The third-order valence-corrected chi connectivity index (χ3v) is 4.87. The zero-order valence-electron chi connectivity index (χ0n) is 16.5. The summed E-state index contributed by atoms with van der Waals surface area (Å²) in [5.41, 5.74) is 1.03. The number of carbonyl (C=O) groups excluding carboxylic acids is 1. The van der Waals surface area contributed by atoms with Gasteiger partial charge in [-0.2, -0.15) is 4.98 Å². The van der Waals surface area contributed by atoms with E-state index in [9.17, 15) is 9.59 Å². The minimum absolute atomic E-state index is 0.0479. The van der Waals surface area contributed by atoms with E-state index in [1.807, 2.05) is 12.1 Å². The molecule has 1 aliphatic heterocycles. The Labute approximate surface area is 172 Å². The summed E-state index contributed by atoms with van der Waals surface area (Å²) >= 11 is 0. The molecule has 1 fully saturated rings. The Balaban J connectivity index is 1.46. The Kier molecular flexibility index (Phi) is 5.89. The standard InChI is InChI=1S/C21H22N4O5/c1-28-16-7-4-14(5-8-16)20-23-21(30-24-20)15-6-9-19(27)25(12-15)13-18(26)22-11-17-3-2-10-29-17/h4-9,12,17H,2-3,10-11,13H2,1H3,(H,22,26)/t17-/m1/s1. The lowest BCUT2D eigenvalue weighted by Gasteiger charge is -2.11. The Morgan fingerprint density at radius 3 is 2.77 bits per heavy atom. The molecule has 0 radical (unpaired) electrons. The van der Waals surface area contributed by atoms with Gasteiger partial charge in [-0.3, -0.25) is 9.59 Å². The largest absolute Gasteiger partial charge is 0.497 e. The van der Waals surface area contributed by atoms with Gasteiger partial charge in [-0.25, -0.2) is 0 Å².